The van der Waals surface area contributed by atoms with Crippen molar-refractivity contribution >= 4 is 5.97 Å². The lowest BCUT2D eigenvalue weighted by Gasteiger charge is -2.32. The molecule has 1 aromatic carbocycles. The van der Waals surface area contributed by atoms with Gasteiger partial charge in [-0.15, -0.1) is 0 Å². The maximum atomic E-state index is 11.3. The van der Waals surface area contributed by atoms with Gasteiger partial charge in [-0.2, -0.15) is 0 Å². The molecule has 1 atom stereocenters. The summed E-state index contributed by atoms with van der Waals surface area (Å²) in [6.07, 6.45) is 2.68. The lowest BCUT2D eigenvalue weighted by atomic mass is 9.85. The second-order valence-electron chi connectivity index (χ2n) is 6.66. The van der Waals surface area contributed by atoms with Crippen molar-refractivity contribution < 1.29 is 14.6 Å². The van der Waals surface area contributed by atoms with Gasteiger partial charge < -0.3 is 9.84 Å². The molecule has 0 spiro atoms. The van der Waals surface area contributed by atoms with E-state index in [0.717, 1.165) is 38.1 Å². The predicted molar refractivity (Wildman–Crippen MR) is 82.7 cm³/mol. The van der Waals surface area contributed by atoms with Gasteiger partial charge in [0.2, 0.25) is 0 Å². The molecule has 4 heteroatoms. The van der Waals surface area contributed by atoms with Gasteiger partial charge >= 0.3 is 5.97 Å². The normalized spacial score (nSPS) is 19.7. The summed E-state index contributed by atoms with van der Waals surface area (Å²) >= 11 is 0. The van der Waals surface area contributed by atoms with Crippen LogP contribution in [0.2, 0.25) is 0 Å². The Morgan fingerprint density at radius 1 is 1.38 bits per heavy atom. The molecule has 21 heavy (non-hydrogen) atoms. The van der Waals surface area contributed by atoms with E-state index < -0.39 is 5.97 Å². The molecular formula is C17H25NO3. The van der Waals surface area contributed by atoms with Crippen molar-refractivity contribution in [2.45, 2.75) is 39.2 Å². The number of hydrogen-bond donors (Lipinski definition) is 1. The van der Waals surface area contributed by atoms with Crippen LogP contribution >= 0.6 is 0 Å². The molecule has 1 saturated heterocycles. The summed E-state index contributed by atoms with van der Waals surface area (Å²) in [5.74, 6) is 0.176. The van der Waals surface area contributed by atoms with Crippen LogP contribution in [-0.4, -0.2) is 42.2 Å². The van der Waals surface area contributed by atoms with Gasteiger partial charge in [0, 0.05) is 6.54 Å². The van der Waals surface area contributed by atoms with Crippen LogP contribution in [0.3, 0.4) is 0 Å². The monoisotopic (exact) mass is 291 g/mol. The third-order valence-electron chi connectivity index (χ3n) is 4.12. The summed E-state index contributed by atoms with van der Waals surface area (Å²) in [5.41, 5.74) is 1.30. The van der Waals surface area contributed by atoms with E-state index in [2.05, 4.69) is 30.9 Å². The van der Waals surface area contributed by atoms with Crippen molar-refractivity contribution in [3.8, 4) is 5.75 Å². The first kappa shape index (κ1) is 15.8. The van der Waals surface area contributed by atoms with E-state index in [0.29, 0.717) is 0 Å². The number of ether oxygens (including phenoxy) is 1. The molecule has 1 N–H and O–H groups in total. The fourth-order valence-corrected chi connectivity index (χ4v) is 3.20. The number of hydrogen-bond acceptors (Lipinski definition) is 3. The molecule has 2 rings (SSSR count). The third-order valence-corrected chi connectivity index (χ3v) is 4.12. The molecule has 0 bridgehead atoms. The number of carbonyl (C=O) groups is 1. The van der Waals surface area contributed by atoms with E-state index in [9.17, 15) is 9.90 Å². The molecule has 116 valence electrons. The number of aliphatic carboxylic acids is 1. The smallest absolute Gasteiger partial charge is 0.320 e. The van der Waals surface area contributed by atoms with Gasteiger partial charge in [0.15, 0.2) is 0 Å². The molecular weight excluding hydrogens is 266 g/mol. The predicted octanol–water partition coefficient (Wildman–Crippen LogP) is 2.81. The number of carboxylic acid groups (broad SMARTS) is 1. The molecule has 0 saturated carbocycles. The third kappa shape index (κ3) is 4.21. The maximum absolute atomic E-state index is 11.3. The largest absolute Gasteiger partial charge is 0.497 e. The van der Waals surface area contributed by atoms with Crippen LogP contribution in [-0.2, 0) is 11.2 Å². The molecule has 1 aromatic rings. The topological polar surface area (TPSA) is 49.8 Å². The van der Waals surface area contributed by atoms with Crippen LogP contribution in [0.25, 0.3) is 0 Å². The van der Waals surface area contributed by atoms with Crippen molar-refractivity contribution in [1.82, 2.24) is 4.90 Å². The van der Waals surface area contributed by atoms with Crippen molar-refractivity contribution in [1.29, 1.82) is 0 Å². The van der Waals surface area contributed by atoms with E-state index in [4.69, 9.17) is 4.74 Å². The molecule has 0 amide bonds. The number of nitrogens with zero attached hydrogens (tertiary/aromatic N) is 1. The SMILES string of the molecule is COc1ccc(CC(C)(C)CN2CCCC2C(=O)O)cc1. The van der Waals surface area contributed by atoms with Crippen molar-refractivity contribution in [3.05, 3.63) is 29.8 Å². The molecule has 0 aliphatic carbocycles. The zero-order chi connectivity index (χ0) is 15.5. The van der Waals surface area contributed by atoms with Crippen LogP contribution in [0.4, 0.5) is 0 Å². The highest BCUT2D eigenvalue weighted by molar-refractivity contribution is 5.73. The van der Waals surface area contributed by atoms with Gasteiger partial charge in [0.25, 0.3) is 0 Å². The minimum atomic E-state index is -0.687. The zero-order valence-corrected chi connectivity index (χ0v) is 13.1. The molecule has 1 aliphatic rings. The summed E-state index contributed by atoms with van der Waals surface area (Å²) in [6, 6.07) is 7.81. The van der Waals surface area contributed by atoms with Gasteiger partial charge in [-0.3, -0.25) is 9.69 Å². The average molecular weight is 291 g/mol. The highest BCUT2D eigenvalue weighted by Crippen LogP contribution is 2.28. The van der Waals surface area contributed by atoms with Crippen molar-refractivity contribution in [2.24, 2.45) is 5.41 Å². The van der Waals surface area contributed by atoms with E-state index in [1.807, 2.05) is 12.1 Å². The molecule has 0 aromatic heterocycles. The van der Waals surface area contributed by atoms with Gasteiger partial charge in [0.05, 0.1) is 7.11 Å². The Labute approximate surface area is 126 Å². The fraction of sp³-hybridized carbons (Fsp3) is 0.588. The van der Waals surface area contributed by atoms with Crippen LogP contribution in [0.15, 0.2) is 24.3 Å². The van der Waals surface area contributed by atoms with Crippen molar-refractivity contribution in [3.63, 3.8) is 0 Å². The number of carboxylic acids is 1. The number of methoxy groups -OCH3 is 1. The first-order chi connectivity index (χ1) is 9.91. The van der Waals surface area contributed by atoms with Crippen molar-refractivity contribution in [2.75, 3.05) is 20.2 Å². The van der Waals surface area contributed by atoms with Gasteiger partial charge in [-0.05, 0) is 48.9 Å². The Kier molecular flexibility index (Phi) is 4.88. The molecule has 1 fully saturated rings. The first-order valence-electron chi connectivity index (χ1n) is 7.51. The first-order valence-corrected chi connectivity index (χ1v) is 7.51. The molecule has 1 unspecified atom stereocenters. The highest BCUT2D eigenvalue weighted by atomic mass is 16.5. The van der Waals surface area contributed by atoms with Crippen LogP contribution in [0.5, 0.6) is 5.75 Å². The average Bonchev–Trinajstić information content (AvgIpc) is 2.86. The van der Waals surface area contributed by atoms with Gasteiger partial charge in [0.1, 0.15) is 11.8 Å². The molecule has 0 radical (unpaired) electrons. The standard InChI is InChI=1S/C17H25NO3/c1-17(2,11-13-6-8-14(21-3)9-7-13)12-18-10-4-5-15(18)16(19)20/h6-9,15H,4-5,10-12H2,1-3H3,(H,19,20). The summed E-state index contributed by atoms with van der Waals surface area (Å²) in [7, 11) is 1.67. The molecule has 4 nitrogen and oxygen atoms in total. The Hall–Kier alpha value is -1.55. The van der Waals surface area contributed by atoms with E-state index >= 15 is 0 Å². The summed E-state index contributed by atoms with van der Waals surface area (Å²) in [4.78, 5) is 13.4. The van der Waals surface area contributed by atoms with Crippen LogP contribution in [0.1, 0.15) is 32.3 Å². The van der Waals surface area contributed by atoms with Gasteiger partial charge in [-0.25, -0.2) is 0 Å². The fourth-order valence-electron chi connectivity index (χ4n) is 3.20. The number of benzene rings is 1. The van der Waals surface area contributed by atoms with Crippen LogP contribution < -0.4 is 4.74 Å². The quantitative estimate of drug-likeness (QED) is 0.875. The lowest BCUT2D eigenvalue weighted by Crippen LogP contribution is -2.42. The second-order valence-corrected chi connectivity index (χ2v) is 6.66. The Morgan fingerprint density at radius 3 is 2.62 bits per heavy atom. The Bertz CT molecular complexity index is 481. The second kappa shape index (κ2) is 6.48. The number of rotatable bonds is 6. The maximum Gasteiger partial charge on any atom is 0.320 e. The Balaban J connectivity index is 1.98. The van der Waals surface area contributed by atoms with E-state index in [-0.39, 0.29) is 11.5 Å². The lowest BCUT2D eigenvalue weighted by molar-refractivity contribution is -0.142. The van der Waals surface area contributed by atoms with Crippen LogP contribution in [0, 0.1) is 5.41 Å². The Morgan fingerprint density at radius 2 is 2.05 bits per heavy atom. The molecule has 1 heterocycles. The number of likely N-dealkylation sites (tertiary alicyclic amines) is 1. The van der Waals surface area contributed by atoms with E-state index in [1.165, 1.54) is 5.56 Å². The summed E-state index contributed by atoms with van der Waals surface area (Å²) < 4.78 is 5.17. The highest BCUT2D eigenvalue weighted by Gasteiger charge is 2.34. The minimum absolute atomic E-state index is 0.0482. The summed E-state index contributed by atoms with van der Waals surface area (Å²) in [6.45, 7) is 6.11. The van der Waals surface area contributed by atoms with Gasteiger partial charge in [-0.1, -0.05) is 26.0 Å². The van der Waals surface area contributed by atoms with E-state index in [1.54, 1.807) is 7.11 Å². The molecule has 1 aliphatic heterocycles. The summed E-state index contributed by atoms with van der Waals surface area (Å²) in [5, 5.41) is 9.27. The zero-order valence-electron chi connectivity index (χ0n) is 13.1. The minimum Gasteiger partial charge on any atom is -0.497 e.